The molecule has 0 aromatic carbocycles. The van der Waals surface area contributed by atoms with Gasteiger partial charge in [0, 0.05) is 24.3 Å². The van der Waals surface area contributed by atoms with Crippen molar-refractivity contribution in [3.05, 3.63) is 22.8 Å². The molecular formula is C15H26ClN3O. The first-order chi connectivity index (χ1) is 9.36. The summed E-state index contributed by atoms with van der Waals surface area (Å²) in [4.78, 5) is 6.36. The van der Waals surface area contributed by atoms with E-state index in [0.717, 1.165) is 25.1 Å². The van der Waals surface area contributed by atoms with Gasteiger partial charge in [0.2, 0.25) is 5.88 Å². The van der Waals surface area contributed by atoms with Crippen LogP contribution >= 0.6 is 11.6 Å². The molecular weight excluding hydrogens is 274 g/mol. The van der Waals surface area contributed by atoms with Crippen LogP contribution in [-0.4, -0.2) is 42.7 Å². The Morgan fingerprint density at radius 1 is 1.40 bits per heavy atom. The number of halogens is 1. The molecule has 0 aliphatic carbocycles. The van der Waals surface area contributed by atoms with Crippen LogP contribution in [-0.2, 0) is 6.54 Å². The van der Waals surface area contributed by atoms with Gasteiger partial charge in [-0.3, -0.25) is 0 Å². The van der Waals surface area contributed by atoms with E-state index < -0.39 is 0 Å². The smallest absolute Gasteiger partial charge is 0.213 e. The van der Waals surface area contributed by atoms with E-state index in [0.29, 0.717) is 17.5 Å². The second-order valence-electron chi connectivity index (χ2n) is 5.79. The SMILES string of the molecule is CCCNCc1cc(OCC(C)(C)N(C)C)ncc1Cl. The molecule has 0 unspecified atom stereocenters. The Hall–Kier alpha value is -0.840. The Kier molecular flexibility index (Phi) is 6.72. The van der Waals surface area contributed by atoms with Gasteiger partial charge in [-0.05, 0) is 46.5 Å². The Morgan fingerprint density at radius 2 is 2.10 bits per heavy atom. The minimum Gasteiger partial charge on any atom is -0.476 e. The molecule has 114 valence electrons. The van der Waals surface area contributed by atoms with E-state index in [-0.39, 0.29) is 5.54 Å². The van der Waals surface area contributed by atoms with Gasteiger partial charge in [0.05, 0.1) is 5.02 Å². The zero-order valence-corrected chi connectivity index (χ0v) is 13.9. The lowest BCUT2D eigenvalue weighted by Crippen LogP contribution is -2.43. The third-order valence-electron chi connectivity index (χ3n) is 3.44. The van der Waals surface area contributed by atoms with E-state index in [4.69, 9.17) is 16.3 Å². The fourth-order valence-corrected chi connectivity index (χ4v) is 1.62. The van der Waals surface area contributed by atoms with Gasteiger partial charge in [-0.2, -0.15) is 0 Å². The average Bonchev–Trinajstić information content (AvgIpc) is 2.39. The maximum absolute atomic E-state index is 6.15. The van der Waals surface area contributed by atoms with E-state index in [1.807, 2.05) is 20.2 Å². The van der Waals surface area contributed by atoms with Gasteiger partial charge in [0.25, 0.3) is 0 Å². The van der Waals surface area contributed by atoms with Crippen LogP contribution in [0.2, 0.25) is 5.02 Å². The minimum atomic E-state index is -0.0397. The molecule has 20 heavy (non-hydrogen) atoms. The van der Waals surface area contributed by atoms with Crippen molar-refractivity contribution in [1.29, 1.82) is 0 Å². The third-order valence-corrected chi connectivity index (χ3v) is 3.78. The summed E-state index contributed by atoms with van der Waals surface area (Å²) < 4.78 is 5.79. The highest BCUT2D eigenvalue weighted by Crippen LogP contribution is 2.20. The van der Waals surface area contributed by atoms with Crippen LogP contribution in [0, 0.1) is 0 Å². The number of hydrogen-bond acceptors (Lipinski definition) is 4. The second-order valence-corrected chi connectivity index (χ2v) is 6.19. The predicted octanol–water partition coefficient (Wildman–Crippen LogP) is 2.95. The number of likely N-dealkylation sites (N-methyl/N-ethyl adjacent to an activating group) is 1. The highest BCUT2D eigenvalue weighted by atomic mass is 35.5. The van der Waals surface area contributed by atoms with Crippen LogP contribution in [0.1, 0.15) is 32.8 Å². The van der Waals surface area contributed by atoms with Crippen molar-refractivity contribution in [2.45, 2.75) is 39.3 Å². The van der Waals surface area contributed by atoms with Crippen molar-refractivity contribution in [3.8, 4) is 5.88 Å². The molecule has 0 atom stereocenters. The molecule has 4 nitrogen and oxygen atoms in total. The highest BCUT2D eigenvalue weighted by molar-refractivity contribution is 6.31. The Morgan fingerprint density at radius 3 is 2.70 bits per heavy atom. The van der Waals surface area contributed by atoms with E-state index in [2.05, 4.69) is 36.0 Å². The molecule has 0 spiro atoms. The molecule has 0 fully saturated rings. The van der Waals surface area contributed by atoms with Crippen molar-refractivity contribution in [2.24, 2.45) is 0 Å². The molecule has 1 aromatic rings. The Balaban J connectivity index is 2.65. The molecule has 0 bridgehead atoms. The van der Waals surface area contributed by atoms with E-state index in [1.165, 1.54) is 0 Å². The lowest BCUT2D eigenvalue weighted by Gasteiger charge is -2.31. The van der Waals surface area contributed by atoms with Crippen LogP contribution in [0.15, 0.2) is 12.3 Å². The number of rotatable bonds is 8. The van der Waals surface area contributed by atoms with E-state index in [1.54, 1.807) is 6.20 Å². The van der Waals surface area contributed by atoms with Crippen LogP contribution < -0.4 is 10.1 Å². The number of nitrogens with one attached hydrogen (secondary N) is 1. The minimum absolute atomic E-state index is 0.0397. The van der Waals surface area contributed by atoms with Gasteiger partial charge < -0.3 is 15.0 Å². The monoisotopic (exact) mass is 299 g/mol. The number of aromatic nitrogens is 1. The summed E-state index contributed by atoms with van der Waals surface area (Å²) in [5, 5.41) is 4.01. The van der Waals surface area contributed by atoms with E-state index in [9.17, 15) is 0 Å². The summed E-state index contributed by atoms with van der Waals surface area (Å²) in [7, 11) is 4.08. The number of ether oxygens (including phenoxy) is 1. The molecule has 1 N–H and O–H groups in total. The summed E-state index contributed by atoms with van der Waals surface area (Å²) in [6.07, 6.45) is 2.76. The zero-order chi connectivity index (χ0) is 15.2. The average molecular weight is 300 g/mol. The number of nitrogens with zero attached hydrogens (tertiary/aromatic N) is 2. The molecule has 1 rings (SSSR count). The highest BCUT2D eigenvalue weighted by Gasteiger charge is 2.21. The maximum Gasteiger partial charge on any atom is 0.213 e. The Bertz CT molecular complexity index is 422. The van der Waals surface area contributed by atoms with Gasteiger partial charge >= 0.3 is 0 Å². The van der Waals surface area contributed by atoms with Gasteiger partial charge in [-0.25, -0.2) is 4.98 Å². The molecule has 0 radical (unpaired) electrons. The first kappa shape index (κ1) is 17.2. The van der Waals surface area contributed by atoms with Gasteiger partial charge in [0.1, 0.15) is 6.61 Å². The molecule has 0 aliphatic heterocycles. The normalized spacial score (nSPS) is 11.9. The van der Waals surface area contributed by atoms with Crippen molar-refractivity contribution < 1.29 is 4.74 Å². The summed E-state index contributed by atoms with van der Waals surface area (Å²) in [5.41, 5.74) is 0.981. The van der Waals surface area contributed by atoms with Crippen molar-refractivity contribution in [1.82, 2.24) is 15.2 Å². The Labute approximate surface area is 127 Å². The van der Waals surface area contributed by atoms with Crippen LogP contribution in [0.3, 0.4) is 0 Å². The molecule has 0 saturated carbocycles. The fraction of sp³-hybridized carbons (Fsp3) is 0.667. The van der Waals surface area contributed by atoms with Gasteiger partial charge in [0.15, 0.2) is 0 Å². The fourth-order valence-electron chi connectivity index (χ4n) is 1.45. The molecule has 0 aliphatic rings. The van der Waals surface area contributed by atoms with Crippen molar-refractivity contribution >= 4 is 11.6 Å². The molecule has 1 aromatic heterocycles. The maximum atomic E-state index is 6.15. The lowest BCUT2D eigenvalue weighted by atomic mass is 10.1. The first-order valence-corrected chi connectivity index (χ1v) is 7.40. The molecule has 1 heterocycles. The van der Waals surface area contributed by atoms with Crippen molar-refractivity contribution in [3.63, 3.8) is 0 Å². The summed E-state index contributed by atoms with van der Waals surface area (Å²) in [6.45, 7) is 8.69. The topological polar surface area (TPSA) is 37.4 Å². The third kappa shape index (κ3) is 5.27. The largest absolute Gasteiger partial charge is 0.476 e. The van der Waals surface area contributed by atoms with Gasteiger partial charge in [-0.1, -0.05) is 18.5 Å². The summed E-state index contributed by atoms with van der Waals surface area (Å²) >= 11 is 6.15. The molecule has 0 amide bonds. The van der Waals surface area contributed by atoms with Crippen LogP contribution in [0.25, 0.3) is 0 Å². The predicted molar refractivity (Wildman–Crippen MR) is 84.5 cm³/mol. The summed E-state index contributed by atoms with van der Waals surface area (Å²) in [5.74, 6) is 0.623. The van der Waals surface area contributed by atoms with Gasteiger partial charge in [-0.15, -0.1) is 0 Å². The first-order valence-electron chi connectivity index (χ1n) is 7.02. The summed E-state index contributed by atoms with van der Waals surface area (Å²) in [6, 6.07) is 1.91. The van der Waals surface area contributed by atoms with E-state index >= 15 is 0 Å². The molecule has 0 saturated heterocycles. The number of hydrogen-bond donors (Lipinski definition) is 1. The lowest BCUT2D eigenvalue weighted by molar-refractivity contribution is 0.111. The zero-order valence-electron chi connectivity index (χ0n) is 13.2. The van der Waals surface area contributed by atoms with Crippen LogP contribution in [0.4, 0.5) is 0 Å². The quantitative estimate of drug-likeness (QED) is 0.749. The second kappa shape index (κ2) is 7.81. The standard InChI is InChI=1S/C15H26ClN3O/c1-6-7-17-9-12-8-14(18-10-13(12)16)20-11-15(2,3)19(4)5/h8,10,17H,6-7,9,11H2,1-5H3. The molecule has 5 heteroatoms. The van der Waals surface area contributed by atoms with Crippen molar-refractivity contribution in [2.75, 3.05) is 27.2 Å². The van der Waals surface area contributed by atoms with Crippen LogP contribution in [0.5, 0.6) is 5.88 Å². The number of pyridine rings is 1.